The quantitative estimate of drug-likeness (QED) is 0.577. The van der Waals surface area contributed by atoms with Crippen LogP contribution in [0.5, 0.6) is 0 Å². The minimum atomic E-state index is -1.52. The first kappa shape index (κ1) is 20.1. The van der Waals surface area contributed by atoms with Crippen LogP contribution >= 0.6 is 0 Å². The van der Waals surface area contributed by atoms with Gasteiger partial charge in [0.15, 0.2) is 0 Å². The molecule has 1 fully saturated rings. The van der Waals surface area contributed by atoms with Gasteiger partial charge in [0.05, 0.1) is 6.10 Å². The molecule has 2 rings (SSSR count). The maximum atomic E-state index is 13.5. The highest BCUT2D eigenvalue weighted by atomic mass is 19.1. The largest absolute Gasteiger partial charge is 0.481 e. The highest BCUT2D eigenvalue weighted by Gasteiger charge is 2.50. The van der Waals surface area contributed by atoms with E-state index < -0.39 is 23.3 Å². The molecule has 1 saturated heterocycles. The van der Waals surface area contributed by atoms with Gasteiger partial charge in [-0.25, -0.2) is 4.39 Å². The summed E-state index contributed by atoms with van der Waals surface area (Å²) in [6, 6.07) is 5.71. The van der Waals surface area contributed by atoms with Crippen LogP contribution in [-0.4, -0.2) is 46.2 Å². The first-order valence-electron chi connectivity index (χ1n) is 8.94. The van der Waals surface area contributed by atoms with Crippen LogP contribution in [0, 0.1) is 11.2 Å². The lowest BCUT2D eigenvalue weighted by atomic mass is 9.72. The predicted molar refractivity (Wildman–Crippen MR) is 96.0 cm³/mol. The van der Waals surface area contributed by atoms with Gasteiger partial charge in [-0.2, -0.15) is 0 Å². The lowest BCUT2D eigenvalue weighted by molar-refractivity contribution is -0.165. The lowest BCUT2D eigenvalue weighted by Gasteiger charge is -2.43. The van der Waals surface area contributed by atoms with Crippen molar-refractivity contribution in [1.29, 1.82) is 0 Å². The summed E-state index contributed by atoms with van der Waals surface area (Å²) in [5.74, 6) is -1.72. The number of halogens is 1. The summed E-state index contributed by atoms with van der Waals surface area (Å²) in [6.45, 7) is 2.19. The molecule has 0 bridgehead atoms. The van der Waals surface area contributed by atoms with Crippen LogP contribution < -0.4 is 0 Å². The molecule has 0 spiro atoms. The fourth-order valence-electron chi connectivity index (χ4n) is 3.46. The second kappa shape index (κ2) is 8.94. The molecule has 142 valence electrons. The summed E-state index contributed by atoms with van der Waals surface area (Å²) >= 11 is 0. The van der Waals surface area contributed by atoms with Crippen molar-refractivity contribution in [3.63, 3.8) is 0 Å². The number of aliphatic hydroxyl groups is 1. The van der Waals surface area contributed by atoms with E-state index in [1.165, 1.54) is 23.1 Å². The van der Waals surface area contributed by atoms with Gasteiger partial charge in [-0.05, 0) is 50.3 Å². The molecule has 1 aliphatic rings. The highest BCUT2D eigenvalue weighted by Crippen LogP contribution is 2.35. The van der Waals surface area contributed by atoms with Crippen molar-refractivity contribution >= 4 is 11.9 Å². The number of benzene rings is 1. The molecule has 6 heteroatoms. The van der Waals surface area contributed by atoms with Gasteiger partial charge < -0.3 is 15.1 Å². The minimum absolute atomic E-state index is 0.0242. The zero-order chi connectivity index (χ0) is 19.2. The number of nitrogens with zero attached hydrogens (tertiary/aromatic N) is 1. The number of carbonyl (C=O) groups is 2. The number of rotatable bonds is 7. The summed E-state index contributed by atoms with van der Waals surface area (Å²) in [6.07, 6.45) is 4.84. The zero-order valence-electron chi connectivity index (χ0n) is 15.0. The standard InChI is InChI=1S/C20H26FNO4/c1-2-3-4-5-9-18(24)22-11-10-17(23)20(14-22,19(25)26)13-15-7-6-8-16(21)12-15/h2-3,6-8,12,17,23H,4-5,9-11,13-14H2,1H3,(H,25,26)/b3-2+/t17-,20+/m0/s1. The van der Waals surface area contributed by atoms with Crippen LogP contribution in [-0.2, 0) is 16.0 Å². The average Bonchev–Trinajstić information content (AvgIpc) is 2.60. The van der Waals surface area contributed by atoms with Gasteiger partial charge in [-0.1, -0.05) is 24.3 Å². The van der Waals surface area contributed by atoms with E-state index in [0.29, 0.717) is 24.9 Å². The van der Waals surface area contributed by atoms with E-state index in [9.17, 15) is 24.2 Å². The van der Waals surface area contributed by atoms with E-state index in [1.54, 1.807) is 6.07 Å². The Kier molecular flexibility index (Phi) is 6.91. The number of piperidine rings is 1. The minimum Gasteiger partial charge on any atom is -0.481 e. The molecule has 5 nitrogen and oxygen atoms in total. The van der Waals surface area contributed by atoms with Crippen molar-refractivity contribution in [2.24, 2.45) is 5.41 Å². The van der Waals surface area contributed by atoms with Gasteiger partial charge in [-0.15, -0.1) is 0 Å². The van der Waals surface area contributed by atoms with E-state index in [1.807, 2.05) is 19.1 Å². The highest BCUT2D eigenvalue weighted by molar-refractivity contribution is 5.80. The third-order valence-electron chi connectivity index (χ3n) is 4.97. The van der Waals surface area contributed by atoms with Crippen molar-refractivity contribution in [3.8, 4) is 0 Å². The van der Waals surface area contributed by atoms with Crippen LogP contribution in [0.2, 0.25) is 0 Å². The number of hydrogen-bond acceptors (Lipinski definition) is 3. The van der Waals surface area contributed by atoms with Gasteiger partial charge in [0.25, 0.3) is 0 Å². The first-order chi connectivity index (χ1) is 12.4. The fraction of sp³-hybridized carbons (Fsp3) is 0.500. The second-order valence-corrected chi connectivity index (χ2v) is 6.85. The van der Waals surface area contributed by atoms with Crippen molar-refractivity contribution in [2.75, 3.05) is 13.1 Å². The maximum Gasteiger partial charge on any atom is 0.314 e. The van der Waals surface area contributed by atoms with Gasteiger partial charge in [0.2, 0.25) is 5.91 Å². The summed E-state index contributed by atoms with van der Waals surface area (Å²) in [7, 11) is 0. The topological polar surface area (TPSA) is 77.8 Å². The third-order valence-corrected chi connectivity index (χ3v) is 4.97. The molecule has 1 heterocycles. The molecular formula is C20H26FNO4. The molecule has 0 aliphatic carbocycles. The Morgan fingerprint density at radius 1 is 1.42 bits per heavy atom. The molecule has 1 aromatic rings. The Morgan fingerprint density at radius 2 is 2.19 bits per heavy atom. The summed E-state index contributed by atoms with van der Waals surface area (Å²) < 4.78 is 13.5. The number of likely N-dealkylation sites (tertiary alicyclic amines) is 1. The maximum absolute atomic E-state index is 13.5. The molecule has 1 aromatic carbocycles. The number of unbranched alkanes of at least 4 members (excludes halogenated alkanes) is 1. The van der Waals surface area contributed by atoms with Crippen molar-refractivity contribution in [3.05, 3.63) is 47.8 Å². The molecule has 0 aromatic heterocycles. The number of carboxylic acids is 1. The van der Waals surface area contributed by atoms with E-state index in [4.69, 9.17) is 0 Å². The van der Waals surface area contributed by atoms with E-state index >= 15 is 0 Å². The SMILES string of the molecule is C/C=C/CCCC(=O)N1CC[C@H](O)[C@](Cc2cccc(F)c2)(C(=O)O)C1. The Morgan fingerprint density at radius 3 is 2.85 bits per heavy atom. The van der Waals surface area contributed by atoms with Crippen LogP contribution in [0.25, 0.3) is 0 Å². The fourth-order valence-corrected chi connectivity index (χ4v) is 3.46. The number of carbonyl (C=O) groups excluding carboxylic acids is 1. The van der Waals surface area contributed by atoms with E-state index in [2.05, 4.69) is 0 Å². The summed E-state index contributed by atoms with van der Waals surface area (Å²) in [5, 5.41) is 20.3. The molecule has 1 aliphatic heterocycles. The Hall–Kier alpha value is -2.21. The molecule has 0 radical (unpaired) electrons. The molecule has 2 atom stereocenters. The Labute approximate surface area is 153 Å². The molecule has 26 heavy (non-hydrogen) atoms. The normalized spacial score (nSPS) is 23.3. The molecule has 2 N–H and O–H groups in total. The molecular weight excluding hydrogens is 337 g/mol. The number of allylic oxidation sites excluding steroid dienone is 2. The van der Waals surface area contributed by atoms with Gasteiger partial charge in [-0.3, -0.25) is 9.59 Å². The van der Waals surface area contributed by atoms with E-state index in [-0.39, 0.29) is 25.3 Å². The summed E-state index contributed by atoms with van der Waals surface area (Å²) in [5.41, 5.74) is -1.03. The van der Waals surface area contributed by atoms with Gasteiger partial charge in [0, 0.05) is 19.5 Å². The number of aliphatic hydroxyl groups excluding tert-OH is 1. The third kappa shape index (κ3) is 4.69. The van der Waals surface area contributed by atoms with Crippen molar-refractivity contribution < 1.29 is 24.2 Å². The average molecular weight is 363 g/mol. The van der Waals surface area contributed by atoms with E-state index in [0.717, 1.165) is 6.42 Å². The Balaban J connectivity index is 2.15. The number of carboxylic acid groups (broad SMARTS) is 1. The lowest BCUT2D eigenvalue weighted by Crippen LogP contribution is -2.58. The summed E-state index contributed by atoms with van der Waals surface area (Å²) in [4.78, 5) is 26.0. The molecule has 0 unspecified atom stereocenters. The monoisotopic (exact) mass is 363 g/mol. The van der Waals surface area contributed by atoms with Crippen LogP contribution in [0.1, 0.15) is 38.2 Å². The Bertz CT molecular complexity index is 676. The second-order valence-electron chi connectivity index (χ2n) is 6.85. The first-order valence-corrected chi connectivity index (χ1v) is 8.94. The molecule has 0 saturated carbocycles. The van der Waals surface area contributed by atoms with Crippen LogP contribution in [0.3, 0.4) is 0 Å². The van der Waals surface area contributed by atoms with Crippen molar-refractivity contribution in [1.82, 2.24) is 4.90 Å². The zero-order valence-corrected chi connectivity index (χ0v) is 15.0. The molecule has 1 amide bonds. The predicted octanol–water partition coefficient (Wildman–Crippen LogP) is 2.78. The number of aliphatic carboxylic acids is 1. The van der Waals surface area contributed by atoms with Crippen molar-refractivity contribution in [2.45, 2.75) is 45.1 Å². The van der Waals surface area contributed by atoms with Gasteiger partial charge in [0.1, 0.15) is 11.2 Å². The van der Waals surface area contributed by atoms with Crippen LogP contribution in [0.15, 0.2) is 36.4 Å². The number of amides is 1. The van der Waals surface area contributed by atoms with Crippen LogP contribution in [0.4, 0.5) is 4.39 Å². The number of hydrogen-bond donors (Lipinski definition) is 2. The van der Waals surface area contributed by atoms with Gasteiger partial charge >= 0.3 is 5.97 Å². The smallest absolute Gasteiger partial charge is 0.314 e.